The molecule has 0 N–H and O–H groups in total. The van der Waals surface area contributed by atoms with Crippen molar-refractivity contribution in [2.45, 2.75) is 39.5 Å². The molecule has 3 rings (SSSR count). The third-order valence-corrected chi connectivity index (χ3v) is 4.31. The van der Waals surface area contributed by atoms with E-state index in [9.17, 15) is 9.59 Å². The van der Waals surface area contributed by atoms with Crippen LogP contribution < -0.4 is 4.90 Å². The molecule has 0 aliphatic carbocycles. The number of fused-ring (bicyclic) bond motifs is 1. The zero-order valence-corrected chi connectivity index (χ0v) is 14.2. The number of imide groups is 1. The summed E-state index contributed by atoms with van der Waals surface area (Å²) in [4.78, 5) is 31.6. The highest BCUT2D eigenvalue weighted by Crippen LogP contribution is 2.30. The second-order valence-electron chi connectivity index (χ2n) is 6.69. The number of likely N-dealkylation sites (N-methyl/N-ethyl adjacent to an activating group) is 1. The van der Waals surface area contributed by atoms with Gasteiger partial charge in [-0.1, -0.05) is 27.7 Å². The molecule has 0 atom stereocenters. The molecule has 2 aromatic heterocycles. The molecule has 122 valence electrons. The maximum atomic E-state index is 12.4. The van der Waals surface area contributed by atoms with Crippen LogP contribution in [0.2, 0.25) is 0 Å². The Morgan fingerprint density at radius 2 is 1.78 bits per heavy atom. The van der Waals surface area contributed by atoms with Gasteiger partial charge in [0.1, 0.15) is 6.54 Å². The van der Waals surface area contributed by atoms with Gasteiger partial charge in [0.2, 0.25) is 5.91 Å². The Hall–Kier alpha value is -2.37. The van der Waals surface area contributed by atoms with Gasteiger partial charge in [-0.2, -0.15) is 0 Å². The Bertz CT molecular complexity index is 791. The number of carbonyl (C=O) groups excluding carboxylic acids is 2. The lowest BCUT2D eigenvalue weighted by molar-refractivity contribution is -0.123. The normalized spacial score (nSPS) is 15.8. The van der Waals surface area contributed by atoms with Crippen LogP contribution in [-0.4, -0.2) is 39.8 Å². The smallest absolute Gasteiger partial charge is 0.305 e. The fraction of sp³-hybridized carbons (Fsp3) is 0.471. The topological polar surface area (TPSA) is 57.9 Å². The first kappa shape index (κ1) is 15.5. The molecule has 0 saturated carbocycles. The second-order valence-corrected chi connectivity index (χ2v) is 6.69. The molecule has 1 saturated heterocycles. The minimum atomic E-state index is -0.299. The molecule has 2 aromatic rings. The first-order valence-electron chi connectivity index (χ1n) is 7.90. The van der Waals surface area contributed by atoms with E-state index in [4.69, 9.17) is 0 Å². The Kier molecular flexibility index (Phi) is 3.62. The van der Waals surface area contributed by atoms with Crippen molar-refractivity contribution >= 4 is 23.3 Å². The number of imidazole rings is 1. The Balaban J connectivity index is 2.21. The average molecular weight is 314 g/mol. The van der Waals surface area contributed by atoms with Gasteiger partial charge in [0.15, 0.2) is 5.65 Å². The number of hydrogen-bond acceptors (Lipinski definition) is 3. The van der Waals surface area contributed by atoms with Gasteiger partial charge in [0.25, 0.3) is 0 Å². The molecule has 3 heterocycles. The van der Waals surface area contributed by atoms with Crippen LogP contribution in [0.15, 0.2) is 18.5 Å². The number of nitrogens with zero attached hydrogens (tertiary/aromatic N) is 4. The van der Waals surface area contributed by atoms with E-state index in [1.165, 1.54) is 11.9 Å². The average Bonchev–Trinajstić information content (AvgIpc) is 3.03. The molecule has 0 aromatic carbocycles. The fourth-order valence-corrected chi connectivity index (χ4v) is 2.70. The highest BCUT2D eigenvalue weighted by atomic mass is 16.2. The van der Waals surface area contributed by atoms with Crippen molar-refractivity contribution in [1.82, 2.24) is 14.3 Å². The van der Waals surface area contributed by atoms with E-state index in [0.29, 0.717) is 17.5 Å². The predicted molar refractivity (Wildman–Crippen MR) is 88.9 cm³/mol. The lowest BCUT2D eigenvalue weighted by Gasteiger charge is -2.18. The first-order valence-corrected chi connectivity index (χ1v) is 7.90. The molecule has 1 aliphatic rings. The summed E-state index contributed by atoms with van der Waals surface area (Å²) >= 11 is 0. The molecule has 0 spiro atoms. The number of amides is 3. The number of hydrogen-bond donors (Lipinski definition) is 0. The van der Waals surface area contributed by atoms with E-state index < -0.39 is 0 Å². The maximum absolute atomic E-state index is 12.4. The van der Waals surface area contributed by atoms with Gasteiger partial charge in [-0.25, -0.2) is 9.78 Å². The molecule has 0 radical (unpaired) electrons. The molecular formula is C17H22N4O2. The summed E-state index contributed by atoms with van der Waals surface area (Å²) in [6.45, 7) is 8.45. The Labute approximate surface area is 135 Å². The SMILES string of the molecule is CC(C)c1cc(N2CC(=O)N(C)C2=O)c2nc(C(C)C)cn2c1. The second kappa shape index (κ2) is 5.37. The van der Waals surface area contributed by atoms with Crippen molar-refractivity contribution in [3.8, 4) is 0 Å². The maximum Gasteiger partial charge on any atom is 0.331 e. The molecule has 6 nitrogen and oxygen atoms in total. The van der Waals surface area contributed by atoms with E-state index in [1.54, 1.807) is 0 Å². The molecule has 6 heteroatoms. The van der Waals surface area contributed by atoms with E-state index in [1.807, 2.05) is 16.7 Å². The van der Waals surface area contributed by atoms with Crippen LogP contribution in [0.3, 0.4) is 0 Å². The van der Waals surface area contributed by atoms with Crippen LogP contribution in [0.5, 0.6) is 0 Å². The summed E-state index contributed by atoms with van der Waals surface area (Å²) in [6.07, 6.45) is 4.05. The standard InChI is InChI=1S/C17H22N4O2/c1-10(2)12-6-14(21-9-15(22)19(5)17(21)23)16-18-13(11(3)4)8-20(16)7-12/h6-8,10-11H,9H2,1-5H3. The van der Waals surface area contributed by atoms with Crippen molar-refractivity contribution in [1.29, 1.82) is 0 Å². The summed E-state index contributed by atoms with van der Waals surface area (Å²) < 4.78 is 1.97. The van der Waals surface area contributed by atoms with Gasteiger partial charge in [-0.15, -0.1) is 0 Å². The summed E-state index contributed by atoms with van der Waals surface area (Å²) in [5.41, 5.74) is 3.49. The van der Waals surface area contributed by atoms with Gasteiger partial charge < -0.3 is 4.40 Å². The summed E-state index contributed by atoms with van der Waals surface area (Å²) in [6, 6.07) is 1.67. The summed E-state index contributed by atoms with van der Waals surface area (Å²) in [5, 5.41) is 0. The highest BCUT2D eigenvalue weighted by molar-refractivity contribution is 6.13. The third kappa shape index (κ3) is 2.48. The lowest BCUT2D eigenvalue weighted by atomic mass is 10.1. The van der Waals surface area contributed by atoms with Crippen molar-refractivity contribution in [3.63, 3.8) is 0 Å². The predicted octanol–water partition coefficient (Wildman–Crippen LogP) is 2.98. The monoisotopic (exact) mass is 314 g/mol. The fourth-order valence-electron chi connectivity index (χ4n) is 2.70. The number of rotatable bonds is 3. The van der Waals surface area contributed by atoms with Crippen molar-refractivity contribution in [3.05, 3.63) is 29.7 Å². The van der Waals surface area contributed by atoms with E-state index >= 15 is 0 Å². The number of pyridine rings is 1. The van der Waals surface area contributed by atoms with E-state index in [0.717, 1.165) is 21.8 Å². The number of anilines is 1. The van der Waals surface area contributed by atoms with Crippen molar-refractivity contribution < 1.29 is 9.59 Å². The van der Waals surface area contributed by atoms with E-state index in [-0.39, 0.29) is 18.5 Å². The third-order valence-electron chi connectivity index (χ3n) is 4.31. The summed E-state index contributed by atoms with van der Waals surface area (Å²) in [7, 11) is 1.51. The number of aromatic nitrogens is 2. The summed E-state index contributed by atoms with van der Waals surface area (Å²) in [5.74, 6) is 0.414. The van der Waals surface area contributed by atoms with Crippen LogP contribution in [0.25, 0.3) is 5.65 Å². The van der Waals surface area contributed by atoms with Crippen LogP contribution in [0, 0.1) is 0 Å². The molecule has 23 heavy (non-hydrogen) atoms. The minimum absolute atomic E-state index is 0.0659. The van der Waals surface area contributed by atoms with Gasteiger partial charge >= 0.3 is 6.03 Å². The van der Waals surface area contributed by atoms with Gasteiger partial charge in [0.05, 0.1) is 11.4 Å². The van der Waals surface area contributed by atoms with Gasteiger partial charge in [-0.3, -0.25) is 14.6 Å². The molecular weight excluding hydrogens is 292 g/mol. The van der Waals surface area contributed by atoms with Gasteiger partial charge in [0, 0.05) is 19.4 Å². The van der Waals surface area contributed by atoms with Crippen molar-refractivity contribution in [2.75, 3.05) is 18.5 Å². The Morgan fingerprint density at radius 1 is 1.09 bits per heavy atom. The quantitative estimate of drug-likeness (QED) is 0.818. The molecule has 0 unspecified atom stereocenters. The van der Waals surface area contributed by atoms with Crippen LogP contribution in [-0.2, 0) is 4.79 Å². The number of carbonyl (C=O) groups is 2. The zero-order valence-electron chi connectivity index (χ0n) is 14.2. The zero-order chi connectivity index (χ0) is 16.9. The van der Waals surface area contributed by atoms with Crippen molar-refractivity contribution in [2.24, 2.45) is 0 Å². The van der Waals surface area contributed by atoms with Crippen LogP contribution in [0.1, 0.15) is 50.8 Å². The highest BCUT2D eigenvalue weighted by Gasteiger charge is 2.35. The lowest BCUT2D eigenvalue weighted by Crippen LogP contribution is -2.30. The molecule has 1 aliphatic heterocycles. The first-order chi connectivity index (χ1) is 10.8. The molecule has 0 bridgehead atoms. The largest absolute Gasteiger partial charge is 0.331 e. The number of urea groups is 1. The molecule has 3 amide bonds. The Morgan fingerprint density at radius 3 is 2.30 bits per heavy atom. The van der Waals surface area contributed by atoms with Gasteiger partial charge in [-0.05, 0) is 23.5 Å². The van der Waals surface area contributed by atoms with Crippen LogP contribution >= 0.6 is 0 Å². The molecule has 1 fully saturated rings. The minimum Gasteiger partial charge on any atom is -0.305 e. The van der Waals surface area contributed by atoms with Crippen LogP contribution in [0.4, 0.5) is 10.5 Å². The van der Waals surface area contributed by atoms with E-state index in [2.05, 4.69) is 38.9 Å².